The second kappa shape index (κ2) is 7.36. The summed E-state index contributed by atoms with van der Waals surface area (Å²) in [6.07, 6.45) is 5.37. The molecule has 1 aliphatic carbocycles. The Morgan fingerprint density at radius 1 is 1.33 bits per heavy atom. The Bertz CT molecular complexity index is 637. The van der Waals surface area contributed by atoms with E-state index < -0.39 is 8.32 Å². The molecular weight excluding hydrogens is 358 g/mol. The number of fused-ring (bicyclic) bond motifs is 3. The minimum absolute atomic E-state index is 0.0227. The van der Waals surface area contributed by atoms with Crippen molar-refractivity contribution in [3.63, 3.8) is 0 Å². The lowest BCUT2D eigenvalue weighted by atomic mass is 9.78. The van der Waals surface area contributed by atoms with Crippen LogP contribution in [0.25, 0.3) is 0 Å². The molecule has 0 aromatic heterocycles. The van der Waals surface area contributed by atoms with E-state index in [1.807, 2.05) is 11.8 Å². The zero-order chi connectivity index (χ0) is 20.0. The lowest BCUT2D eigenvalue weighted by molar-refractivity contribution is -0.155. The first-order chi connectivity index (χ1) is 12.6. The summed E-state index contributed by atoms with van der Waals surface area (Å²) in [5, 5.41) is 0.120. The average Bonchev–Trinajstić information content (AvgIpc) is 3.04. The highest BCUT2D eigenvalue weighted by Crippen LogP contribution is 2.45. The topological polar surface area (TPSA) is 55.8 Å². The molecule has 3 rings (SSSR count). The molecule has 2 fully saturated rings. The molecule has 5 nitrogen and oxygen atoms in total. The Hall–Kier alpha value is -1.14. The van der Waals surface area contributed by atoms with Crippen molar-refractivity contribution in [2.45, 2.75) is 83.7 Å². The van der Waals surface area contributed by atoms with Crippen LogP contribution in [-0.2, 0) is 18.8 Å². The van der Waals surface area contributed by atoms with Crippen molar-refractivity contribution in [1.82, 2.24) is 4.90 Å². The normalized spacial score (nSPS) is 31.3. The molecule has 1 amide bonds. The Balaban J connectivity index is 1.94. The van der Waals surface area contributed by atoms with Gasteiger partial charge in [0.1, 0.15) is 0 Å². The molecule has 0 spiro atoms. The molecule has 2 aliphatic heterocycles. The molecule has 6 heteroatoms. The molecule has 2 bridgehead atoms. The van der Waals surface area contributed by atoms with Gasteiger partial charge in [-0.05, 0) is 56.3 Å². The summed E-state index contributed by atoms with van der Waals surface area (Å²) >= 11 is 0. The average molecular weight is 394 g/mol. The first-order valence-corrected chi connectivity index (χ1v) is 13.3. The van der Waals surface area contributed by atoms with Crippen LogP contribution in [0.2, 0.25) is 18.1 Å². The molecule has 1 unspecified atom stereocenters. The number of esters is 1. The van der Waals surface area contributed by atoms with Gasteiger partial charge < -0.3 is 14.1 Å². The zero-order valence-electron chi connectivity index (χ0n) is 17.7. The summed E-state index contributed by atoms with van der Waals surface area (Å²) in [5.41, 5.74) is 1.23. The van der Waals surface area contributed by atoms with Gasteiger partial charge in [-0.15, -0.1) is 0 Å². The highest BCUT2D eigenvalue weighted by molar-refractivity contribution is 6.74. The van der Waals surface area contributed by atoms with Crippen molar-refractivity contribution in [2.75, 3.05) is 13.2 Å². The van der Waals surface area contributed by atoms with E-state index in [0.717, 1.165) is 19.4 Å². The predicted octanol–water partition coefficient (Wildman–Crippen LogP) is 3.90. The number of hydrogen-bond donors (Lipinski definition) is 0. The van der Waals surface area contributed by atoms with Gasteiger partial charge in [0.25, 0.3) is 0 Å². The molecule has 3 aliphatic rings. The van der Waals surface area contributed by atoms with Gasteiger partial charge in [0.15, 0.2) is 8.32 Å². The van der Waals surface area contributed by atoms with Crippen LogP contribution < -0.4 is 0 Å². The van der Waals surface area contributed by atoms with Crippen LogP contribution in [0.1, 0.15) is 53.4 Å². The first-order valence-electron chi connectivity index (χ1n) is 10.4. The molecule has 0 saturated carbocycles. The van der Waals surface area contributed by atoms with E-state index in [9.17, 15) is 9.59 Å². The second-order valence-corrected chi connectivity index (χ2v) is 14.5. The number of nitrogens with zero attached hydrogens (tertiary/aromatic N) is 1. The maximum atomic E-state index is 13.3. The van der Waals surface area contributed by atoms with Crippen molar-refractivity contribution in [1.29, 1.82) is 0 Å². The molecular formula is C21H35NO4Si. The molecule has 27 heavy (non-hydrogen) atoms. The quantitative estimate of drug-likeness (QED) is 0.413. The number of carbonyl (C=O) groups is 2. The van der Waals surface area contributed by atoms with Crippen LogP contribution in [0, 0.1) is 11.8 Å². The van der Waals surface area contributed by atoms with Crippen LogP contribution >= 0.6 is 0 Å². The summed E-state index contributed by atoms with van der Waals surface area (Å²) in [6, 6.07) is 0.115. The first kappa shape index (κ1) is 20.6. The fourth-order valence-corrected chi connectivity index (χ4v) is 5.71. The fraction of sp³-hybridized carbons (Fsp3) is 0.810. The van der Waals surface area contributed by atoms with E-state index in [-0.39, 0.29) is 40.9 Å². The predicted molar refractivity (Wildman–Crippen MR) is 108 cm³/mol. The highest BCUT2D eigenvalue weighted by Gasteiger charge is 2.51. The number of allylic oxidation sites excluding steroid dienone is 1. The van der Waals surface area contributed by atoms with Gasteiger partial charge in [-0.25, -0.2) is 0 Å². The van der Waals surface area contributed by atoms with Crippen LogP contribution in [0.3, 0.4) is 0 Å². The molecule has 0 radical (unpaired) electrons. The van der Waals surface area contributed by atoms with E-state index in [1.165, 1.54) is 5.57 Å². The maximum absolute atomic E-state index is 13.3. The Kier molecular flexibility index (Phi) is 5.61. The van der Waals surface area contributed by atoms with E-state index in [0.29, 0.717) is 19.4 Å². The summed E-state index contributed by atoms with van der Waals surface area (Å²) < 4.78 is 12.1. The van der Waals surface area contributed by atoms with Crippen molar-refractivity contribution >= 4 is 20.2 Å². The van der Waals surface area contributed by atoms with E-state index in [2.05, 4.69) is 39.9 Å². The maximum Gasteiger partial charge on any atom is 0.310 e. The molecule has 0 aromatic rings. The summed E-state index contributed by atoms with van der Waals surface area (Å²) in [4.78, 5) is 27.8. The van der Waals surface area contributed by atoms with Gasteiger partial charge in [0.05, 0.1) is 30.6 Å². The van der Waals surface area contributed by atoms with Crippen molar-refractivity contribution in [3.8, 4) is 0 Å². The van der Waals surface area contributed by atoms with Gasteiger partial charge in [-0.1, -0.05) is 26.8 Å². The third-order valence-corrected chi connectivity index (χ3v) is 11.5. The van der Waals surface area contributed by atoms with Gasteiger partial charge in [-0.3, -0.25) is 9.59 Å². The third kappa shape index (κ3) is 3.75. The number of rotatable bonds is 4. The molecule has 152 valence electrons. The van der Waals surface area contributed by atoms with Crippen molar-refractivity contribution < 1.29 is 18.8 Å². The fourth-order valence-electron chi connectivity index (χ4n) is 4.41. The lowest BCUT2D eigenvalue weighted by Gasteiger charge is -2.42. The molecule has 0 aromatic carbocycles. The summed E-state index contributed by atoms with van der Waals surface area (Å²) in [7, 11) is -1.97. The second-order valence-electron chi connectivity index (χ2n) is 9.72. The molecule has 2 saturated heterocycles. The number of amides is 1. The third-order valence-electron chi connectivity index (χ3n) is 7.01. The minimum Gasteiger partial charge on any atom is -0.466 e. The van der Waals surface area contributed by atoms with Gasteiger partial charge in [0, 0.05) is 6.54 Å². The highest BCUT2D eigenvalue weighted by atomic mass is 28.4. The SMILES string of the molecule is CCOC(=O)[C@@H]1CC=C2CC1C(=O)N1CCC[C@@H]1[C@H]2O[Si](C)(C)C(C)(C)C. The summed E-state index contributed by atoms with van der Waals surface area (Å²) in [5.74, 6) is -0.750. The number of ether oxygens (including phenoxy) is 1. The Morgan fingerprint density at radius 2 is 2.04 bits per heavy atom. The van der Waals surface area contributed by atoms with Crippen LogP contribution in [0.15, 0.2) is 11.6 Å². The van der Waals surface area contributed by atoms with Gasteiger partial charge >= 0.3 is 5.97 Å². The van der Waals surface area contributed by atoms with Crippen molar-refractivity contribution in [2.24, 2.45) is 11.8 Å². The standard InChI is InChI=1S/C21H35NO4Si/c1-7-25-20(24)15-11-10-14-13-16(15)19(23)22-12-8-9-17(22)18(14)26-27(5,6)21(2,3)4/h10,15-18H,7-9,11-13H2,1-6H3/t15-,16?,17-,18+/m1/s1. The Labute approximate surface area is 164 Å². The lowest BCUT2D eigenvalue weighted by Crippen LogP contribution is -2.50. The molecule has 4 atom stereocenters. The van der Waals surface area contributed by atoms with Gasteiger partial charge in [-0.2, -0.15) is 0 Å². The van der Waals surface area contributed by atoms with Crippen LogP contribution in [0.4, 0.5) is 0 Å². The number of hydrogen-bond acceptors (Lipinski definition) is 4. The van der Waals surface area contributed by atoms with Crippen LogP contribution in [-0.4, -0.2) is 50.4 Å². The van der Waals surface area contributed by atoms with E-state index >= 15 is 0 Å². The largest absolute Gasteiger partial charge is 0.466 e. The van der Waals surface area contributed by atoms with Crippen LogP contribution in [0.5, 0.6) is 0 Å². The zero-order valence-corrected chi connectivity index (χ0v) is 18.7. The molecule has 0 N–H and O–H groups in total. The smallest absolute Gasteiger partial charge is 0.310 e. The van der Waals surface area contributed by atoms with Gasteiger partial charge in [0.2, 0.25) is 5.91 Å². The van der Waals surface area contributed by atoms with Crippen molar-refractivity contribution in [3.05, 3.63) is 11.6 Å². The Morgan fingerprint density at radius 3 is 2.67 bits per heavy atom. The monoisotopic (exact) mass is 393 g/mol. The van der Waals surface area contributed by atoms with E-state index in [1.54, 1.807) is 0 Å². The minimum atomic E-state index is -1.97. The number of carbonyl (C=O) groups excluding carboxylic acids is 2. The summed E-state index contributed by atoms with van der Waals surface area (Å²) in [6.45, 7) is 14.3. The van der Waals surface area contributed by atoms with E-state index in [4.69, 9.17) is 9.16 Å². The molecule has 2 heterocycles.